The zero-order valence-electron chi connectivity index (χ0n) is 17.3. The minimum absolute atomic E-state index is 0.0575. The van der Waals surface area contributed by atoms with E-state index in [2.05, 4.69) is 33.9 Å². The summed E-state index contributed by atoms with van der Waals surface area (Å²) in [6, 6.07) is 0. The van der Waals surface area contributed by atoms with Gasteiger partial charge >= 0.3 is 12.1 Å². The highest BCUT2D eigenvalue weighted by Crippen LogP contribution is 2.38. The van der Waals surface area contributed by atoms with E-state index in [9.17, 15) is 9.59 Å². The van der Waals surface area contributed by atoms with Crippen LogP contribution < -0.4 is 0 Å². The van der Waals surface area contributed by atoms with Crippen LogP contribution in [0, 0.1) is 5.92 Å². The van der Waals surface area contributed by atoms with E-state index in [0.29, 0.717) is 19.5 Å². The van der Waals surface area contributed by atoms with E-state index in [1.54, 1.807) is 4.90 Å². The predicted octanol–water partition coefficient (Wildman–Crippen LogP) is 3.81. The molecule has 6 nitrogen and oxygen atoms in total. The summed E-state index contributed by atoms with van der Waals surface area (Å²) in [6.45, 7) is 17.1. The van der Waals surface area contributed by atoms with Crippen LogP contribution >= 0.6 is 0 Å². The van der Waals surface area contributed by atoms with Crippen molar-refractivity contribution in [2.24, 2.45) is 5.92 Å². The number of hydrogen-bond donors (Lipinski definition) is 0. The largest absolute Gasteiger partial charge is 0.469 e. The molecule has 0 aromatic carbocycles. The van der Waals surface area contributed by atoms with Crippen molar-refractivity contribution in [2.45, 2.75) is 77.8 Å². The van der Waals surface area contributed by atoms with Gasteiger partial charge in [-0.1, -0.05) is 20.8 Å². The molecule has 1 fully saturated rings. The van der Waals surface area contributed by atoms with E-state index in [-0.39, 0.29) is 23.0 Å². The van der Waals surface area contributed by atoms with Crippen molar-refractivity contribution >= 4 is 20.4 Å². The maximum atomic E-state index is 12.5. The number of esters is 1. The third kappa shape index (κ3) is 6.29. The molecule has 0 aromatic heterocycles. The summed E-state index contributed by atoms with van der Waals surface area (Å²) in [6.07, 6.45) is -0.0328. The Bertz CT molecular complexity index is 493. The van der Waals surface area contributed by atoms with Crippen LogP contribution in [0.2, 0.25) is 18.1 Å². The van der Waals surface area contributed by atoms with Crippen LogP contribution in [0.1, 0.15) is 48.0 Å². The molecule has 0 bridgehead atoms. The number of piperidine rings is 1. The van der Waals surface area contributed by atoms with Gasteiger partial charge < -0.3 is 18.8 Å². The smallest absolute Gasteiger partial charge is 0.410 e. The summed E-state index contributed by atoms with van der Waals surface area (Å²) in [4.78, 5) is 26.1. The van der Waals surface area contributed by atoms with Crippen molar-refractivity contribution in [3.05, 3.63) is 0 Å². The molecule has 2 atom stereocenters. The van der Waals surface area contributed by atoms with Gasteiger partial charge in [0.15, 0.2) is 8.32 Å². The van der Waals surface area contributed by atoms with Gasteiger partial charge in [0, 0.05) is 13.1 Å². The molecule has 1 saturated heterocycles. The van der Waals surface area contributed by atoms with E-state index in [1.165, 1.54) is 7.11 Å². The van der Waals surface area contributed by atoms with Crippen molar-refractivity contribution in [2.75, 3.05) is 20.2 Å². The molecule has 1 amide bonds. The van der Waals surface area contributed by atoms with Gasteiger partial charge in [0.05, 0.1) is 19.1 Å². The van der Waals surface area contributed by atoms with Crippen LogP contribution in [-0.4, -0.2) is 57.2 Å². The first-order chi connectivity index (χ1) is 11.2. The normalized spacial score (nSPS) is 22.5. The van der Waals surface area contributed by atoms with Crippen LogP contribution in [0.25, 0.3) is 0 Å². The monoisotopic (exact) mass is 373 g/mol. The van der Waals surface area contributed by atoms with Gasteiger partial charge in [0.25, 0.3) is 0 Å². The lowest BCUT2D eigenvalue weighted by Crippen LogP contribution is -2.54. The molecule has 0 saturated carbocycles. The Balaban J connectivity index is 2.95. The lowest BCUT2D eigenvalue weighted by molar-refractivity contribution is -0.148. The molecule has 1 rings (SSSR count). The fourth-order valence-corrected chi connectivity index (χ4v) is 3.90. The van der Waals surface area contributed by atoms with Gasteiger partial charge in [-0.3, -0.25) is 4.79 Å². The molecule has 0 radical (unpaired) electrons. The van der Waals surface area contributed by atoms with E-state index in [1.807, 2.05) is 20.8 Å². The molecular formula is C18H35NO5Si. The van der Waals surface area contributed by atoms with Crippen molar-refractivity contribution in [3.8, 4) is 0 Å². The summed E-state index contributed by atoms with van der Waals surface area (Å²) in [5.41, 5.74) is -0.578. The molecule has 1 heterocycles. The molecule has 0 unspecified atom stereocenters. The maximum Gasteiger partial charge on any atom is 0.410 e. The molecule has 1 aliphatic heterocycles. The fourth-order valence-electron chi connectivity index (χ4n) is 2.54. The fraction of sp³-hybridized carbons (Fsp3) is 0.889. The Labute approximate surface area is 153 Å². The maximum absolute atomic E-state index is 12.5. The number of methoxy groups -OCH3 is 1. The molecule has 0 spiro atoms. The van der Waals surface area contributed by atoms with Gasteiger partial charge in [-0.15, -0.1) is 0 Å². The summed E-state index contributed by atoms with van der Waals surface area (Å²) in [7, 11) is -0.635. The second-order valence-corrected chi connectivity index (χ2v) is 14.1. The number of carbonyl (C=O) groups is 2. The number of hydrogen-bond acceptors (Lipinski definition) is 5. The van der Waals surface area contributed by atoms with Crippen molar-refractivity contribution in [1.29, 1.82) is 0 Å². The topological polar surface area (TPSA) is 65.1 Å². The first kappa shape index (κ1) is 22.0. The highest BCUT2D eigenvalue weighted by Gasteiger charge is 2.43. The minimum atomic E-state index is -2.01. The van der Waals surface area contributed by atoms with Gasteiger partial charge in [-0.05, 0) is 45.3 Å². The lowest BCUT2D eigenvalue weighted by atomic mass is 9.96. The predicted molar refractivity (Wildman–Crippen MR) is 100 cm³/mol. The summed E-state index contributed by atoms with van der Waals surface area (Å²) >= 11 is 0. The molecule has 25 heavy (non-hydrogen) atoms. The number of nitrogens with zero attached hydrogens (tertiary/aromatic N) is 1. The number of amides is 1. The molecule has 0 aromatic rings. The van der Waals surface area contributed by atoms with Crippen LogP contribution in [0.4, 0.5) is 4.79 Å². The van der Waals surface area contributed by atoms with Crippen LogP contribution in [0.5, 0.6) is 0 Å². The average Bonchev–Trinajstić information content (AvgIpc) is 2.42. The third-order valence-electron chi connectivity index (χ3n) is 4.87. The van der Waals surface area contributed by atoms with E-state index in [4.69, 9.17) is 13.9 Å². The average molecular weight is 374 g/mol. The molecule has 1 aliphatic rings. The Hall–Kier alpha value is -1.08. The van der Waals surface area contributed by atoms with E-state index in [0.717, 1.165) is 0 Å². The summed E-state index contributed by atoms with van der Waals surface area (Å²) in [5.74, 6) is -0.696. The molecule has 146 valence electrons. The minimum Gasteiger partial charge on any atom is -0.469 e. The van der Waals surface area contributed by atoms with Crippen LogP contribution in [-0.2, 0) is 18.7 Å². The standard InChI is InChI=1S/C18H35NO5Si/c1-17(2,3)23-16(21)19-11-13(15(20)22-7)10-14(12-19)24-25(8,9)18(4,5)6/h13-14H,10-12H2,1-9H3/t13-,14+/m0/s1. The second-order valence-electron chi connectivity index (χ2n) is 9.34. The number of ether oxygens (including phenoxy) is 2. The first-order valence-electron chi connectivity index (χ1n) is 8.90. The second kappa shape index (κ2) is 7.66. The molecule has 7 heteroatoms. The highest BCUT2D eigenvalue weighted by atomic mass is 28.4. The van der Waals surface area contributed by atoms with Gasteiger partial charge in [-0.2, -0.15) is 0 Å². The van der Waals surface area contributed by atoms with Gasteiger partial charge in [-0.25, -0.2) is 4.79 Å². The van der Waals surface area contributed by atoms with Crippen molar-refractivity contribution in [1.82, 2.24) is 4.90 Å². The quantitative estimate of drug-likeness (QED) is 0.556. The Morgan fingerprint density at radius 3 is 2.04 bits per heavy atom. The summed E-state index contributed by atoms with van der Waals surface area (Å²) < 4.78 is 16.8. The number of likely N-dealkylation sites (tertiary alicyclic amines) is 1. The molecule has 0 aliphatic carbocycles. The van der Waals surface area contributed by atoms with Crippen molar-refractivity contribution in [3.63, 3.8) is 0 Å². The SMILES string of the molecule is COC(=O)[C@H]1C[C@@H](O[Si](C)(C)C(C)(C)C)CN(C(=O)OC(C)(C)C)C1. The zero-order valence-corrected chi connectivity index (χ0v) is 18.3. The van der Waals surface area contributed by atoms with Crippen LogP contribution in [0.3, 0.4) is 0 Å². The van der Waals surface area contributed by atoms with Gasteiger partial charge in [0.1, 0.15) is 5.60 Å². The molecule has 0 N–H and O–H groups in total. The number of carbonyl (C=O) groups excluding carboxylic acids is 2. The zero-order chi connectivity index (χ0) is 19.6. The Morgan fingerprint density at radius 1 is 1.04 bits per heavy atom. The van der Waals surface area contributed by atoms with Crippen LogP contribution in [0.15, 0.2) is 0 Å². The van der Waals surface area contributed by atoms with Gasteiger partial charge in [0.2, 0.25) is 0 Å². The van der Waals surface area contributed by atoms with Crippen molar-refractivity contribution < 1.29 is 23.5 Å². The Morgan fingerprint density at radius 2 is 1.60 bits per heavy atom. The first-order valence-corrected chi connectivity index (χ1v) is 11.8. The summed E-state index contributed by atoms with van der Waals surface area (Å²) in [5, 5.41) is 0.0575. The molecular weight excluding hydrogens is 338 g/mol. The Kier molecular flexibility index (Phi) is 6.73. The number of rotatable bonds is 3. The highest BCUT2D eigenvalue weighted by molar-refractivity contribution is 6.74. The third-order valence-corrected chi connectivity index (χ3v) is 9.40. The van der Waals surface area contributed by atoms with E-state index >= 15 is 0 Å². The van der Waals surface area contributed by atoms with E-state index < -0.39 is 20.0 Å². The lowest BCUT2D eigenvalue weighted by Gasteiger charge is -2.43.